The largest absolute Gasteiger partial charge is 0.444 e. The van der Waals surface area contributed by atoms with Crippen LogP contribution in [0.2, 0.25) is 10.0 Å². The number of anilines is 1. The number of alkyl carbamates (subject to hydrolysis) is 1. The minimum absolute atomic E-state index is 0.178. The fourth-order valence-corrected chi connectivity index (χ4v) is 5.66. The predicted octanol–water partition coefficient (Wildman–Crippen LogP) is 5.45. The van der Waals surface area contributed by atoms with Crippen LogP contribution in [0.25, 0.3) is 0 Å². The SMILES string of the molecule is CC(=O)C(Cc1ccc(NC(=O)c2c(Cl)cccc2Cl)cc1)NC(=O)C1(CCNC(=O)CNC(=O)OC(C)(C)C)CCCC1. The highest BCUT2D eigenvalue weighted by atomic mass is 35.5. The lowest BCUT2D eigenvalue weighted by Gasteiger charge is -2.30. The lowest BCUT2D eigenvalue weighted by molar-refractivity contribution is -0.134. The molecule has 238 valence electrons. The van der Waals surface area contributed by atoms with Crippen molar-refractivity contribution in [2.45, 2.75) is 77.9 Å². The smallest absolute Gasteiger partial charge is 0.408 e. The maximum Gasteiger partial charge on any atom is 0.408 e. The first-order chi connectivity index (χ1) is 20.7. The lowest BCUT2D eigenvalue weighted by Crippen LogP contribution is -2.49. The summed E-state index contributed by atoms with van der Waals surface area (Å²) < 4.78 is 5.13. The standard InChI is InChI=1S/C32H40Cl2N4O6/c1-20(39)25(18-21-10-12-22(13-11-21)37-28(41)27-23(33)8-7-9-24(27)34)38-29(42)32(14-5-6-15-32)16-17-35-26(40)19-36-30(43)44-31(2,3)4/h7-13,25H,5-6,14-19H2,1-4H3,(H,35,40)(H,36,43)(H,37,41)(H,38,42). The summed E-state index contributed by atoms with van der Waals surface area (Å²) in [4.78, 5) is 62.8. The summed E-state index contributed by atoms with van der Waals surface area (Å²) in [7, 11) is 0. The van der Waals surface area contributed by atoms with Gasteiger partial charge in [-0.15, -0.1) is 0 Å². The van der Waals surface area contributed by atoms with E-state index in [0.29, 0.717) is 24.9 Å². The van der Waals surface area contributed by atoms with Crippen molar-refractivity contribution in [1.29, 1.82) is 0 Å². The quantitative estimate of drug-likeness (QED) is 0.241. The van der Waals surface area contributed by atoms with Crippen LogP contribution in [0.4, 0.5) is 10.5 Å². The molecule has 0 spiro atoms. The van der Waals surface area contributed by atoms with Gasteiger partial charge >= 0.3 is 6.09 Å². The Morgan fingerprint density at radius 2 is 1.55 bits per heavy atom. The molecule has 2 aromatic rings. The average molecular weight is 648 g/mol. The second-order valence-electron chi connectivity index (χ2n) is 12.0. The van der Waals surface area contributed by atoms with Gasteiger partial charge < -0.3 is 26.0 Å². The van der Waals surface area contributed by atoms with Crippen LogP contribution >= 0.6 is 23.2 Å². The number of carbonyl (C=O) groups excluding carboxylic acids is 5. The molecule has 0 bridgehead atoms. The van der Waals surface area contributed by atoms with E-state index in [-0.39, 0.29) is 52.7 Å². The second-order valence-corrected chi connectivity index (χ2v) is 12.8. The molecule has 10 nitrogen and oxygen atoms in total. The number of hydrogen-bond donors (Lipinski definition) is 4. The molecule has 1 atom stereocenters. The number of Topliss-reactive ketones (excluding diaryl/α,β-unsaturated/α-hetero) is 1. The van der Waals surface area contributed by atoms with Crippen LogP contribution in [0.1, 0.15) is 75.7 Å². The minimum atomic E-state index is -0.741. The van der Waals surface area contributed by atoms with E-state index in [0.717, 1.165) is 18.4 Å². The van der Waals surface area contributed by atoms with Crippen molar-refractivity contribution < 1.29 is 28.7 Å². The zero-order chi connectivity index (χ0) is 32.5. The number of halogens is 2. The Labute approximate surface area is 268 Å². The van der Waals surface area contributed by atoms with Crippen LogP contribution in [0.15, 0.2) is 42.5 Å². The van der Waals surface area contributed by atoms with Crippen molar-refractivity contribution in [1.82, 2.24) is 16.0 Å². The van der Waals surface area contributed by atoms with Crippen molar-refractivity contribution in [3.05, 3.63) is 63.6 Å². The van der Waals surface area contributed by atoms with Crippen LogP contribution in [-0.2, 0) is 25.5 Å². The molecule has 3 rings (SSSR count). The van der Waals surface area contributed by atoms with Crippen LogP contribution < -0.4 is 21.3 Å². The lowest BCUT2D eigenvalue weighted by atomic mass is 9.81. The third kappa shape index (κ3) is 10.2. The van der Waals surface area contributed by atoms with Crippen LogP contribution in [0.5, 0.6) is 0 Å². The van der Waals surface area contributed by atoms with E-state index in [1.807, 2.05) is 0 Å². The van der Waals surface area contributed by atoms with E-state index in [9.17, 15) is 24.0 Å². The first-order valence-corrected chi connectivity index (χ1v) is 15.3. The van der Waals surface area contributed by atoms with Gasteiger partial charge in [-0.2, -0.15) is 0 Å². The fourth-order valence-electron chi connectivity index (χ4n) is 5.09. The molecule has 4 amide bonds. The highest BCUT2D eigenvalue weighted by molar-refractivity contribution is 6.40. The minimum Gasteiger partial charge on any atom is -0.444 e. The zero-order valence-electron chi connectivity index (χ0n) is 25.5. The van der Waals surface area contributed by atoms with Crippen LogP contribution in [0.3, 0.4) is 0 Å². The Morgan fingerprint density at radius 3 is 2.11 bits per heavy atom. The molecule has 4 N–H and O–H groups in total. The van der Waals surface area contributed by atoms with Crippen molar-refractivity contribution in [2.75, 3.05) is 18.4 Å². The molecule has 0 radical (unpaired) electrons. The van der Waals surface area contributed by atoms with Gasteiger partial charge in [0.05, 0.1) is 33.6 Å². The number of amides is 4. The molecule has 0 aromatic heterocycles. The van der Waals surface area contributed by atoms with Crippen molar-refractivity contribution in [3.63, 3.8) is 0 Å². The van der Waals surface area contributed by atoms with Gasteiger partial charge in [-0.3, -0.25) is 19.2 Å². The van der Waals surface area contributed by atoms with Gasteiger partial charge in [0.25, 0.3) is 5.91 Å². The van der Waals surface area contributed by atoms with E-state index < -0.39 is 29.1 Å². The fraction of sp³-hybridized carbons (Fsp3) is 0.469. The van der Waals surface area contributed by atoms with Gasteiger partial charge in [0, 0.05) is 12.2 Å². The highest BCUT2D eigenvalue weighted by Crippen LogP contribution is 2.41. The first-order valence-electron chi connectivity index (χ1n) is 14.6. The molecule has 1 aliphatic rings. The highest BCUT2D eigenvalue weighted by Gasteiger charge is 2.41. The first kappa shape index (κ1) is 34.9. The van der Waals surface area contributed by atoms with E-state index in [4.69, 9.17) is 27.9 Å². The maximum absolute atomic E-state index is 13.5. The van der Waals surface area contributed by atoms with Crippen molar-refractivity contribution in [3.8, 4) is 0 Å². The Kier molecular flexibility index (Phi) is 12.2. The predicted molar refractivity (Wildman–Crippen MR) is 170 cm³/mol. The summed E-state index contributed by atoms with van der Waals surface area (Å²) in [5.74, 6) is -1.23. The number of hydrogen-bond acceptors (Lipinski definition) is 6. The van der Waals surface area contributed by atoms with Crippen LogP contribution in [-0.4, -0.2) is 54.3 Å². The molecule has 2 aromatic carbocycles. The molecule has 0 aliphatic heterocycles. The van der Waals surface area contributed by atoms with E-state index >= 15 is 0 Å². The summed E-state index contributed by atoms with van der Waals surface area (Å²) in [5.41, 5.74) is 0.121. The Bertz CT molecular complexity index is 1350. The summed E-state index contributed by atoms with van der Waals surface area (Å²) in [5, 5.41) is 11.4. The Balaban J connectivity index is 1.55. The zero-order valence-corrected chi connectivity index (χ0v) is 27.0. The second kappa shape index (κ2) is 15.4. The monoisotopic (exact) mass is 646 g/mol. The molecule has 1 aliphatic carbocycles. The molecule has 0 heterocycles. The summed E-state index contributed by atoms with van der Waals surface area (Å²) in [6.07, 6.45) is 3.05. The third-order valence-corrected chi connectivity index (χ3v) is 8.03. The van der Waals surface area contributed by atoms with E-state index in [1.165, 1.54) is 6.92 Å². The summed E-state index contributed by atoms with van der Waals surface area (Å²) >= 11 is 12.3. The van der Waals surface area contributed by atoms with Gasteiger partial charge in [0.15, 0.2) is 5.78 Å². The molecular formula is C32H40Cl2N4O6. The summed E-state index contributed by atoms with van der Waals surface area (Å²) in [6.45, 7) is 6.64. The third-order valence-electron chi connectivity index (χ3n) is 7.40. The van der Waals surface area contributed by atoms with E-state index in [2.05, 4.69) is 21.3 Å². The topological polar surface area (TPSA) is 143 Å². The maximum atomic E-state index is 13.5. The summed E-state index contributed by atoms with van der Waals surface area (Å²) in [6, 6.07) is 11.0. The van der Waals surface area contributed by atoms with Gasteiger partial charge in [-0.25, -0.2) is 4.79 Å². The number of rotatable bonds is 12. The average Bonchev–Trinajstić information content (AvgIpc) is 3.41. The Morgan fingerprint density at radius 1 is 0.932 bits per heavy atom. The van der Waals surface area contributed by atoms with Gasteiger partial charge in [-0.05, 0) is 83.2 Å². The molecule has 1 unspecified atom stereocenters. The van der Waals surface area contributed by atoms with Gasteiger partial charge in [-0.1, -0.05) is 54.2 Å². The molecule has 44 heavy (non-hydrogen) atoms. The van der Waals surface area contributed by atoms with E-state index in [1.54, 1.807) is 63.2 Å². The van der Waals surface area contributed by atoms with Crippen molar-refractivity contribution in [2.24, 2.45) is 5.41 Å². The normalized spacial score (nSPS) is 14.7. The van der Waals surface area contributed by atoms with Gasteiger partial charge in [0.1, 0.15) is 5.60 Å². The number of ether oxygens (including phenoxy) is 1. The number of nitrogens with one attached hydrogen (secondary N) is 4. The molecular weight excluding hydrogens is 607 g/mol. The molecule has 12 heteroatoms. The molecule has 1 saturated carbocycles. The van der Waals surface area contributed by atoms with Crippen LogP contribution in [0, 0.1) is 5.41 Å². The van der Waals surface area contributed by atoms with Crippen molar-refractivity contribution >= 4 is 58.5 Å². The Hall–Kier alpha value is -3.63. The number of ketones is 1. The molecule has 1 fully saturated rings. The number of benzene rings is 2. The number of carbonyl (C=O) groups is 5. The van der Waals surface area contributed by atoms with Gasteiger partial charge in [0.2, 0.25) is 11.8 Å². The molecule has 0 saturated heterocycles.